The van der Waals surface area contributed by atoms with Gasteiger partial charge in [0.1, 0.15) is 18.0 Å². The second-order valence-corrected chi connectivity index (χ2v) is 9.12. The molecule has 2 aliphatic heterocycles. The topological polar surface area (TPSA) is 119 Å². The number of imide groups is 1. The van der Waals surface area contributed by atoms with E-state index in [0.29, 0.717) is 23.6 Å². The largest absolute Gasteiger partial charge is 0.372 e. The van der Waals surface area contributed by atoms with Crippen molar-refractivity contribution in [2.45, 2.75) is 44.8 Å². The Morgan fingerprint density at radius 3 is 2.94 bits per heavy atom. The Labute approximate surface area is 192 Å². The molecule has 3 amide bonds. The summed E-state index contributed by atoms with van der Waals surface area (Å²) < 4.78 is 7.12. The number of benzene rings is 1. The van der Waals surface area contributed by atoms with Crippen LogP contribution in [-0.4, -0.2) is 33.9 Å². The lowest BCUT2D eigenvalue weighted by Gasteiger charge is -2.25. The summed E-state index contributed by atoms with van der Waals surface area (Å²) in [5, 5.41) is 7.35. The maximum Gasteiger partial charge on any atom is 0.264 e. The van der Waals surface area contributed by atoms with Gasteiger partial charge in [0.2, 0.25) is 17.7 Å². The summed E-state index contributed by atoms with van der Waals surface area (Å²) in [6, 6.07) is 6.28. The van der Waals surface area contributed by atoms with Crippen LogP contribution in [0.4, 0.5) is 5.69 Å². The van der Waals surface area contributed by atoms with Crippen LogP contribution in [0.15, 0.2) is 34.4 Å². The number of ether oxygens (including phenoxy) is 1. The molecule has 2 atom stereocenters. The molecule has 4 heterocycles. The van der Waals surface area contributed by atoms with Gasteiger partial charge in [-0.3, -0.25) is 29.1 Å². The van der Waals surface area contributed by atoms with Gasteiger partial charge in [0.05, 0.1) is 29.6 Å². The molecule has 2 N–H and O–H groups in total. The second kappa shape index (κ2) is 8.53. The van der Waals surface area contributed by atoms with Gasteiger partial charge in [-0.2, -0.15) is 0 Å². The highest BCUT2D eigenvalue weighted by molar-refractivity contribution is 7.10. The van der Waals surface area contributed by atoms with Gasteiger partial charge in [-0.05, 0) is 48.9 Å². The minimum atomic E-state index is -0.830. The fourth-order valence-corrected chi connectivity index (χ4v) is 5.50. The lowest BCUT2D eigenvalue weighted by molar-refractivity contribution is -0.135. The second-order valence-electron chi connectivity index (χ2n) is 8.17. The fourth-order valence-electron chi connectivity index (χ4n) is 4.50. The molecule has 0 saturated carbocycles. The first-order valence-corrected chi connectivity index (χ1v) is 11.6. The van der Waals surface area contributed by atoms with E-state index < -0.39 is 17.5 Å². The van der Waals surface area contributed by atoms with Gasteiger partial charge in [-0.1, -0.05) is 6.07 Å². The van der Waals surface area contributed by atoms with Crippen molar-refractivity contribution in [3.63, 3.8) is 0 Å². The van der Waals surface area contributed by atoms with E-state index >= 15 is 0 Å². The van der Waals surface area contributed by atoms with Crippen LogP contribution < -0.4 is 16.2 Å². The highest BCUT2D eigenvalue weighted by Crippen LogP contribution is 2.34. The van der Waals surface area contributed by atoms with Crippen LogP contribution >= 0.6 is 11.3 Å². The zero-order valence-electron chi connectivity index (χ0n) is 17.9. The summed E-state index contributed by atoms with van der Waals surface area (Å²) >= 11 is 1.58. The number of carbonyl (C=O) groups is 3. The molecule has 1 fully saturated rings. The molecule has 3 aromatic rings. The predicted molar refractivity (Wildman–Crippen MR) is 122 cm³/mol. The van der Waals surface area contributed by atoms with E-state index in [4.69, 9.17) is 4.74 Å². The molecule has 0 radical (unpaired) electrons. The first kappa shape index (κ1) is 21.5. The fraction of sp³-hybridized carbons (Fsp3) is 0.348. The summed E-state index contributed by atoms with van der Waals surface area (Å²) in [6.07, 6.45) is 1.01. The molecule has 10 heteroatoms. The molecule has 1 aromatic carbocycles. The molecular formula is C23H22N4O5S. The van der Waals surface area contributed by atoms with Crippen molar-refractivity contribution in [1.29, 1.82) is 0 Å². The number of hydrogen-bond donors (Lipinski definition) is 2. The van der Waals surface area contributed by atoms with E-state index in [0.717, 1.165) is 11.3 Å². The third-order valence-corrected chi connectivity index (χ3v) is 7.09. The molecule has 0 bridgehead atoms. The Balaban J connectivity index is 1.47. The van der Waals surface area contributed by atoms with Crippen LogP contribution in [0.3, 0.4) is 0 Å². The molecule has 2 unspecified atom stereocenters. The average molecular weight is 467 g/mol. The van der Waals surface area contributed by atoms with Gasteiger partial charge in [0, 0.05) is 11.3 Å². The van der Waals surface area contributed by atoms with E-state index in [2.05, 4.69) is 21.7 Å². The molecule has 2 aliphatic rings. The van der Waals surface area contributed by atoms with Crippen LogP contribution in [0.25, 0.3) is 10.9 Å². The first-order chi connectivity index (χ1) is 15.9. The first-order valence-electron chi connectivity index (χ1n) is 10.8. The summed E-state index contributed by atoms with van der Waals surface area (Å²) in [5.74, 6) is -0.796. The molecule has 0 aliphatic carbocycles. The van der Waals surface area contributed by atoms with Crippen LogP contribution in [0.5, 0.6) is 0 Å². The minimum absolute atomic E-state index is 0.129. The quantitative estimate of drug-likeness (QED) is 0.570. The number of fused-ring (bicyclic) bond motifs is 2. The van der Waals surface area contributed by atoms with Crippen LogP contribution in [0.2, 0.25) is 0 Å². The number of nitrogens with one attached hydrogen (secondary N) is 2. The van der Waals surface area contributed by atoms with Gasteiger partial charge >= 0.3 is 0 Å². The molecule has 2 aromatic heterocycles. The SMILES string of the molecule is Cc1nc2cccc(NC(=O)CC3OCCc4ccsc43)c2c(=O)n1C1CCC(=O)NC1=O. The Hall–Kier alpha value is -3.37. The normalized spacial score (nSPS) is 20.4. The van der Waals surface area contributed by atoms with Gasteiger partial charge in [-0.15, -0.1) is 11.3 Å². The van der Waals surface area contributed by atoms with Gasteiger partial charge < -0.3 is 10.1 Å². The smallest absolute Gasteiger partial charge is 0.264 e. The molecule has 1 saturated heterocycles. The van der Waals surface area contributed by atoms with Gasteiger partial charge in [0.25, 0.3) is 5.56 Å². The van der Waals surface area contributed by atoms with E-state index in [-0.39, 0.29) is 42.6 Å². The minimum Gasteiger partial charge on any atom is -0.372 e. The van der Waals surface area contributed by atoms with Crippen molar-refractivity contribution in [2.24, 2.45) is 0 Å². The number of aromatic nitrogens is 2. The maximum absolute atomic E-state index is 13.5. The number of hydrogen-bond acceptors (Lipinski definition) is 7. The number of anilines is 1. The van der Waals surface area contributed by atoms with Crippen LogP contribution in [0.1, 0.15) is 47.7 Å². The number of rotatable bonds is 4. The number of carbonyl (C=O) groups excluding carboxylic acids is 3. The third kappa shape index (κ3) is 3.96. The summed E-state index contributed by atoms with van der Waals surface area (Å²) in [5.41, 5.74) is 1.53. The Bertz CT molecular complexity index is 1340. The summed E-state index contributed by atoms with van der Waals surface area (Å²) in [6.45, 7) is 2.21. The maximum atomic E-state index is 13.5. The number of piperidine rings is 1. The predicted octanol–water partition coefficient (Wildman–Crippen LogP) is 2.39. The van der Waals surface area contributed by atoms with Crippen molar-refractivity contribution in [1.82, 2.24) is 14.9 Å². The number of thiophene rings is 1. The molecule has 9 nitrogen and oxygen atoms in total. The van der Waals surface area contributed by atoms with Crippen molar-refractivity contribution in [2.75, 3.05) is 11.9 Å². The van der Waals surface area contributed by atoms with E-state index in [1.54, 1.807) is 36.5 Å². The average Bonchev–Trinajstić information content (AvgIpc) is 3.25. The summed E-state index contributed by atoms with van der Waals surface area (Å²) in [4.78, 5) is 55.9. The lowest BCUT2D eigenvalue weighted by atomic mass is 10.0. The van der Waals surface area contributed by atoms with E-state index in [9.17, 15) is 19.2 Å². The van der Waals surface area contributed by atoms with Crippen LogP contribution in [0, 0.1) is 6.92 Å². The third-order valence-electron chi connectivity index (χ3n) is 6.04. The highest BCUT2D eigenvalue weighted by Gasteiger charge is 2.31. The molecule has 33 heavy (non-hydrogen) atoms. The lowest BCUT2D eigenvalue weighted by Crippen LogP contribution is -2.45. The monoisotopic (exact) mass is 466 g/mol. The standard InChI is InChI=1S/C23H22N4O5S/c1-12-24-14-3-2-4-15(20(14)23(31)27(12)16-5-6-18(28)26-22(16)30)25-19(29)11-17-21-13(7-9-32-17)8-10-33-21/h2-4,8,10,16-17H,5-7,9,11H2,1H3,(H,25,29)(H,26,28,30). The molecule has 5 rings (SSSR count). The zero-order valence-corrected chi connectivity index (χ0v) is 18.7. The highest BCUT2D eigenvalue weighted by atomic mass is 32.1. The molecule has 170 valence electrons. The van der Waals surface area contributed by atoms with E-state index in [1.165, 1.54) is 10.1 Å². The number of amides is 3. The number of aryl methyl sites for hydroxylation is 1. The Morgan fingerprint density at radius 1 is 1.27 bits per heavy atom. The zero-order chi connectivity index (χ0) is 23.1. The Morgan fingerprint density at radius 2 is 2.12 bits per heavy atom. The number of nitrogens with zero attached hydrogens (tertiary/aromatic N) is 2. The molecule has 0 spiro atoms. The summed E-state index contributed by atoms with van der Waals surface area (Å²) in [7, 11) is 0. The van der Waals surface area contributed by atoms with Gasteiger partial charge in [0.15, 0.2) is 0 Å². The van der Waals surface area contributed by atoms with Crippen molar-refractivity contribution in [3.8, 4) is 0 Å². The van der Waals surface area contributed by atoms with Crippen molar-refractivity contribution >= 4 is 45.6 Å². The van der Waals surface area contributed by atoms with E-state index in [1.807, 2.05) is 5.38 Å². The van der Waals surface area contributed by atoms with Gasteiger partial charge in [-0.25, -0.2) is 4.98 Å². The molecular weight excluding hydrogens is 444 g/mol. The van der Waals surface area contributed by atoms with Crippen molar-refractivity contribution in [3.05, 3.63) is 56.3 Å². The Kier molecular flexibility index (Phi) is 5.55. The van der Waals surface area contributed by atoms with Crippen molar-refractivity contribution < 1.29 is 19.1 Å². The van der Waals surface area contributed by atoms with Crippen LogP contribution in [-0.2, 0) is 25.5 Å².